The molecule has 0 saturated heterocycles. The molecule has 2 aromatic rings. The zero-order valence-corrected chi connectivity index (χ0v) is 11.1. The van der Waals surface area contributed by atoms with Gasteiger partial charge in [-0.1, -0.05) is 37.3 Å². The van der Waals surface area contributed by atoms with Crippen LogP contribution in [0.5, 0.6) is 5.75 Å². The molecule has 0 radical (unpaired) electrons. The van der Waals surface area contributed by atoms with E-state index >= 15 is 0 Å². The summed E-state index contributed by atoms with van der Waals surface area (Å²) in [6.45, 7) is 1.95. The van der Waals surface area contributed by atoms with E-state index in [0.717, 1.165) is 17.7 Å². The topological polar surface area (TPSA) is 49.3 Å². The normalized spacial score (nSPS) is 11.9. The van der Waals surface area contributed by atoms with Crippen LogP contribution >= 0.6 is 0 Å². The molecule has 0 aliphatic carbocycles. The third kappa shape index (κ3) is 3.15. The number of carbonyl (C=O) groups is 1. The van der Waals surface area contributed by atoms with Crippen molar-refractivity contribution < 1.29 is 14.3 Å². The van der Waals surface area contributed by atoms with Gasteiger partial charge in [0.15, 0.2) is 0 Å². The highest BCUT2D eigenvalue weighted by Gasteiger charge is 2.17. The van der Waals surface area contributed by atoms with Crippen molar-refractivity contribution >= 4 is 5.91 Å². The number of phenols is 1. The number of amides is 1. The molecule has 0 aliphatic rings. The molecular weight excluding hydrogens is 257 g/mol. The summed E-state index contributed by atoms with van der Waals surface area (Å²) in [5.74, 6) is -1.27. The average molecular weight is 273 g/mol. The molecule has 1 amide bonds. The van der Waals surface area contributed by atoms with Gasteiger partial charge in [0.1, 0.15) is 11.6 Å². The molecule has 0 aromatic heterocycles. The van der Waals surface area contributed by atoms with Gasteiger partial charge < -0.3 is 10.4 Å². The van der Waals surface area contributed by atoms with Crippen molar-refractivity contribution in [3.8, 4) is 5.75 Å². The van der Waals surface area contributed by atoms with Gasteiger partial charge >= 0.3 is 0 Å². The Kier molecular flexibility index (Phi) is 4.35. The molecule has 2 rings (SSSR count). The number of hydrogen-bond acceptors (Lipinski definition) is 2. The SMILES string of the molecule is CCC(NC(=O)c1cc(F)ccc1O)c1ccccc1. The third-order valence-corrected chi connectivity index (χ3v) is 3.12. The first-order valence-corrected chi connectivity index (χ1v) is 6.46. The number of aromatic hydroxyl groups is 1. The van der Waals surface area contributed by atoms with Gasteiger partial charge in [-0.3, -0.25) is 4.79 Å². The van der Waals surface area contributed by atoms with Gasteiger partial charge in [0.25, 0.3) is 5.91 Å². The summed E-state index contributed by atoms with van der Waals surface area (Å²) in [4.78, 5) is 12.1. The summed E-state index contributed by atoms with van der Waals surface area (Å²) in [6.07, 6.45) is 0.700. The van der Waals surface area contributed by atoms with E-state index in [1.165, 1.54) is 6.07 Å². The number of hydrogen-bond donors (Lipinski definition) is 2. The lowest BCUT2D eigenvalue weighted by Crippen LogP contribution is -2.28. The lowest BCUT2D eigenvalue weighted by atomic mass is 10.0. The van der Waals surface area contributed by atoms with Crippen molar-refractivity contribution in [2.75, 3.05) is 0 Å². The first kappa shape index (κ1) is 14.1. The maximum Gasteiger partial charge on any atom is 0.255 e. The van der Waals surface area contributed by atoms with Gasteiger partial charge in [0.05, 0.1) is 11.6 Å². The van der Waals surface area contributed by atoms with Gasteiger partial charge in [-0.25, -0.2) is 4.39 Å². The molecule has 1 atom stereocenters. The first-order valence-electron chi connectivity index (χ1n) is 6.46. The Balaban J connectivity index is 2.20. The van der Waals surface area contributed by atoms with Gasteiger partial charge in [0, 0.05) is 0 Å². The molecule has 2 aromatic carbocycles. The van der Waals surface area contributed by atoms with E-state index < -0.39 is 11.7 Å². The smallest absolute Gasteiger partial charge is 0.255 e. The number of rotatable bonds is 4. The van der Waals surface area contributed by atoms with E-state index in [0.29, 0.717) is 6.42 Å². The molecule has 1 unspecified atom stereocenters. The Hall–Kier alpha value is -2.36. The van der Waals surface area contributed by atoms with E-state index in [1.54, 1.807) is 0 Å². The molecule has 0 saturated carbocycles. The Morgan fingerprint density at radius 1 is 1.25 bits per heavy atom. The molecule has 2 N–H and O–H groups in total. The summed E-state index contributed by atoms with van der Waals surface area (Å²) < 4.78 is 13.2. The maximum absolute atomic E-state index is 13.2. The summed E-state index contributed by atoms with van der Waals surface area (Å²) >= 11 is 0. The van der Waals surface area contributed by atoms with Crippen LogP contribution in [0, 0.1) is 5.82 Å². The summed E-state index contributed by atoms with van der Waals surface area (Å²) in [5.41, 5.74) is 0.915. The number of halogens is 1. The number of benzene rings is 2. The maximum atomic E-state index is 13.2. The molecule has 0 heterocycles. The largest absolute Gasteiger partial charge is 0.507 e. The van der Waals surface area contributed by atoms with E-state index in [-0.39, 0.29) is 17.4 Å². The van der Waals surface area contributed by atoms with Gasteiger partial charge in [-0.15, -0.1) is 0 Å². The van der Waals surface area contributed by atoms with Gasteiger partial charge in [0.2, 0.25) is 0 Å². The van der Waals surface area contributed by atoms with E-state index in [4.69, 9.17) is 0 Å². The van der Waals surface area contributed by atoms with Crippen molar-refractivity contribution in [1.82, 2.24) is 5.32 Å². The predicted molar refractivity (Wildman–Crippen MR) is 75.0 cm³/mol. The lowest BCUT2D eigenvalue weighted by Gasteiger charge is -2.17. The number of nitrogens with one attached hydrogen (secondary N) is 1. The summed E-state index contributed by atoms with van der Waals surface area (Å²) in [6, 6.07) is 12.7. The molecule has 104 valence electrons. The second-order valence-electron chi connectivity index (χ2n) is 4.51. The highest BCUT2D eigenvalue weighted by molar-refractivity contribution is 5.97. The van der Waals surface area contributed by atoms with Crippen LogP contribution in [0.1, 0.15) is 35.3 Å². The first-order chi connectivity index (χ1) is 9.61. The lowest BCUT2D eigenvalue weighted by molar-refractivity contribution is 0.0932. The zero-order valence-electron chi connectivity index (χ0n) is 11.1. The Morgan fingerprint density at radius 3 is 2.60 bits per heavy atom. The molecule has 0 spiro atoms. The van der Waals surface area contributed by atoms with Crippen LogP contribution in [0.3, 0.4) is 0 Å². The van der Waals surface area contributed by atoms with E-state index in [1.807, 2.05) is 37.3 Å². The van der Waals surface area contributed by atoms with Crippen LogP contribution in [0.25, 0.3) is 0 Å². The van der Waals surface area contributed by atoms with Crippen molar-refractivity contribution in [1.29, 1.82) is 0 Å². The van der Waals surface area contributed by atoms with Gasteiger partial charge in [-0.05, 0) is 30.2 Å². The average Bonchev–Trinajstić information content (AvgIpc) is 2.48. The van der Waals surface area contributed by atoms with Crippen molar-refractivity contribution in [2.45, 2.75) is 19.4 Å². The van der Waals surface area contributed by atoms with Crippen LogP contribution in [0.15, 0.2) is 48.5 Å². The third-order valence-electron chi connectivity index (χ3n) is 3.12. The van der Waals surface area contributed by atoms with E-state index in [9.17, 15) is 14.3 Å². The second-order valence-corrected chi connectivity index (χ2v) is 4.51. The minimum Gasteiger partial charge on any atom is -0.507 e. The summed E-state index contributed by atoms with van der Waals surface area (Å²) in [5, 5.41) is 12.4. The van der Waals surface area contributed by atoms with Crippen LogP contribution in [-0.2, 0) is 0 Å². The Morgan fingerprint density at radius 2 is 1.95 bits per heavy atom. The molecule has 0 fully saturated rings. The molecular formula is C16H16FNO2. The highest BCUT2D eigenvalue weighted by atomic mass is 19.1. The van der Waals surface area contributed by atoms with E-state index in [2.05, 4.69) is 5.32 Å². The quantitative estimate of drug-likeness (QED) is 0.896. The minimum atomic E-state index is -0.555. The van der Waals surface area contributed by atoms with Crippen molar-refractivity contribution in [3.63, 3.8) is 0 Å². The molecule has 20 heavy (non-hydrogen) atoms. The summed E-state index contributed by atoms with van der Waals surface area (Å²) in [7, 11) is 0. The Labute approximate surface area is 117 Å². The van der Waals surface area contributed by atoms with Gasteiger partial charge in [-0.2, -0.15) is 0 Å². The van der Waals surface area contributed by atoms with Crippen LogP contribution in [-0.4, -0.2) is 11.0 Å². The monoisotopic (exact) mass is 273 g/mol. The van der Waals surface area contributed by atoms with Crippen LogP contribution < -0.4 is 5.32 Å². The number of phenolic OH excluding ortho intramolecular Hbond substituents is 1. The molecule has 0 bridgehead atoms. The molecule has 4 heteroatoms. The van der Waals surface area contributed by atoms with Crippen molar-refractivity contribution in [3.05, 3.63) is 65.5 Å². The fourth-order valence-corrected chi connectivity index (χ4v) is 2.03. The van der Waals surface area contributed by atoms with Crippen LogP contribution in [0.2, 0.25) is 0 Å². The molecule has 0 aliphatic heterocycles. The fraction of sp³-hybridized carbons (Fsp3) is 0.188. The predicted octanol–water partition coefficient (Wildman–Crippen LogP) is 3.41. The standard InChI is InChI=1S/C16H16FNO2/c1-2-14(11-6-4-3-5-7-11)18-16(20)13-10-12(17)8-9-15(13)19/h3-10,14,19H,2H2,1H3,(H,18,20). The van der Waals surface area contributed by atoms with Crippen molar-refractivity contribution in [2.24, 2.45) is 0 Å². The Bertz CT molecular complexity index is 599. The van der Waals surface area contributed by atoms with Crippen LogP contribution in [0.4, 0.5) is 4.39 Å². The highest BCUT2D eigenvalue weighted by Crippen LogP contribution is 2.21. The zero-order chi connectivity index (χ0) is 14.5. The molecule has 3 nitrogen and oxygen atoms in total. The second kappa shape index (κ2) is 6.19. The number of carbonyl (C=O) groups excluding carboxylic acids is 1. The minimum absolute atomic E-state index is 0.0561. The fourth-order valence-electron chi connectivity index (χ4n) is 2.03.